The van der Waals surface area contributed by atoms with Gasteiger partial charge in [-0.25, -0.2) is 0 Å². The first-order valence-electron chi connectivity index (χ1n) is 8.83. The molecule has 29 heavy (non-hydrogen) atoms. The lowest BCUT2D eigenvalue weighted by Crippen LogP contribution is -2.16. The molecule has 2 aromatic heterocycles. The molecule has 6 nitrogen and oxygen atoms in total. The summed E-state index contributed by atoms with van der Waals surface area (Å²) in [4.78, 5) is 21.6. The van der Waals surface area contributed by atoms with E-state index in [0.29, 0.717) is 23.5 Å². The zero-order chi connectivity index (χ0) is 20.0. The molecule has 0 saturated carbocycles. The summed E-state index contributed by atoms with van der Waals surface area (Å²) in [5.74, 6) is 0. The van der Waals surface area contributed by atoms with Crippen LogP contribution in [0, 0.1) is 0 Å². The molecule has 0 spiro atoms. The van der Waals surface area contributed by atoms with Crippen molar-refractivity contribution in [1.29, 1.82) is 0 Å². The van der Waals surface area contributed by atoms with Crippen molar-refractivity contribution < 1.29 is 0 Å². The van der Waals surface area contributed by atoms with Crippen molar-refractivity contribution in [2.45, 2.75) is 6.54 Å². The third kappa shape index (κ3) is 2.97. The molecule has 142 valence electrons. The lowest BCUT2D eigenvalue weighted by molar-refractivity contribution is 0.800. The third-order valence-corrected chi connectivity index (χ3v) is 5.28. The average molecular weight is 422 g/mol. The second-order valence-corrected chi connectivity index (χ2v) is 7.34. The van der Waals surface area contributed by atoms with Crippen LogP contribution in [0.2, 0.25) is 10.0 Å². The van der Waals surface area contributed by atoms with Gasteiger partial charge in [0.2, 0.25) is 0 Å². The summed E-state index contributed by atoms with van der Waals surface area (Å²) in [6.45, 7) is 0.526. The maximum atomic E-state index is 13.2. The Morgan fingerprint density at radius 1 is 0.966 bits per heavy atom. The minimum atomic E-state index is -0.296. The van der Waals surface area contributed by atoms with Crippen molar-refractivity contribution in [1.82, 2.24) is 24.3 Å². The van der Waals surface area contributed by atoms with Gasteiger partial charge in [-0.15, -0.1) is 0 Å². The van der Waals surface area contributed by atoms with Gasteiger partial charge in [0.05, 0.1) is 33.4 Å². The largest absolute Gasteiger partial charge is 0.341 e. The quantitative estimate of drug-likeness (QED) is 0.431. The highest BCUT2D eigenvalue weighted by Gasteiger charge is 2.23. The number of halogens is 2. The first-order chi connectivity index (χ1) is 14.1. The molecule has 1 aromatic carbocycles. The van der Waals surface area contributed by atoms with Gasteiger partial charge in [-0.1, -0.05) is 47.5 Å². The molecule has 3 aromatic rings. The Kier molecular flexibility index (Phi) is 4.30. The molecule has 0 bridgehead atoms. The molecule has 0 amide bonds. The number of nitrogens with zero attached hydrogens (tertiary/aromatic N) is 5. The fourth-order valence-corrected chi connectivity index (χ4v) is 3.96. The first-order valence-corrected chi connectivity index (χ1v) is 9.59. The zero-order valence-electron chi connectivity index (χ0n) is 15.0. The molecular weight excluding hydrogens is 409 g/mol. The van der Waals surface area contributed by atoms with Crippen molar-refractivity contribution in [2.75, 3.05) is 0 Å². The number of rotatable bonds is 3. The summed E-state index contributed by atoms with van der Waals surface area (Å²) in [5.41, 5.74) is 2.93. The number of para-hydroxylation sites is 1. The summed E-state index contributed by atoms with van der Waals surface area (Å²) < 4.78 is 3.25. The maximum absolute atomic E-state index is 13.2. The van der Waals surface area contributed by atoms with Crippen LogP contribution in [-0.2, 0) is 6.54 Å². The van der Waals surface area contributed by atoms with E-state index in [1.54, 1.807) is 12.4 Å². The van der Waals surface area contributed by atoms with Gasteiger partial charge in [0.25, 0.3) is 5.56 Å². The second-order valence-electron chi connectivity index (χ2n) is 6.53. The maximum Gasteiger partial charge on any atom is 0.282 e. The Balaban J connectivity index is 1.80. The molecule has 0 N–H and O–H groups in total. The predicted octanol–water partition coefficient (Wildman–Crippen LogP) is 4.44. The van der Waals surface area contributed by atoms with Gasteiger partial charge in [-0.05, 0) is 18.2 Å². The van der Waals surface area contributed by atoms with Crippen LogP contribution in [0.3, 0.4) is 0 Å². The van der Waals surface area contributed by atoms with E-state index >= 15 is 0 Å². The Morgan fingerprint density at radius 2 is 1.72 bits per heavy atom. The normalized spacial score (nSPS) is 11.4. The Hall–Kier alpha value is -3.22. The van der Waals surface area contributed by atoms with E-state index in [1.807, 2.05) is 47.0 Å². The van der Waals surface area contributed by atoms with E-state index in [4.69, 9.17) is 23.2 Å². The van der Waals surface area contributed by atoms with E-state index < -0.39 is 0 Å². The molecule has 0 saturated heterocycles. The Morgan fingerprint density at radius 3 is 2.48 bits per heavy atom. The van der Waals surface area contributed by atoms with E-state index in [9.17, 15) is 4.79 Å². The minimum absolute atomic E-state index is 0.257. The minimum Gasteiger partial charge on any atom is -0.341 e. The van der Waals surface area contributed by atoms with Crippen molar-refractivity contribution in [3.8, 4) is 16.9 Å². The van der Waals surface area contributed by atoms with Gasteiger partial charge >= 0.3 is 0 Å². The van der Waals surface area contributed by atoms with E-state index in [2.05, 4.69) is 15.1 Å². The average Bonchev–Trinajstić information content (AvgIpc) is 3.05. The molecule has 0 aliphatic carbocycles. The van der Waals surface area contributed by atoms with Crippen LogP contribution in [0.5, 0.6) is 0 Å². The number of pyridine rings is 3. The molecule has 2 aliphatic rings. The molecular formula is C21H13Cl2N5O. The van der Waals surface area contributed by atoms with Crippen LogP contribution in [-0.4, -0.2) is 24.3 Å². The first kappa shape index (κ1) is 17.8. The van der Waals surface area contributed by atoms with Gasteiger partial charge in [0, 0.05) is 30.2 Å². The predicted molar refractivity (Wildman–Crippen MR) is 113 cm³/mol. The number of fused-ring (bicyclic) bond motifs is 3. The second kappa shape index (κ2) is 6.99. The fraction of sp³-hybridized carbons (Fsp3) is 0.0476. The van der Waals surface area contributed by atoms with Crippen molar-refractivity contribution in [3.05, 3.63) is 93.3 Å². The van der Waals surface area contributed by atoms with Crippen LogP contribution in [0.4, 0.5) is 0 Å². The SMILES string of the molecule is O=c1c2cn(Cc3ccccn3)c3ccccc3c-2nn1-c1c(Cl)cncc1Cl. The summed E-state index contributed by atoms with van der Waals surface area (Å²) in [6, 6.07) is 13.6. The summed E-state index contributed by atoms with van der Waals surface area (Å²) in [7, 11) is 0. The van der Waals surface area contributed by atoms with Crippen LogP contribution >= 0.6 is 23.2 Å². The molecule has 0 fully saturated rings. The number of aromatic nitrogens is 5. The molecule has 5 rings (SSSR count). The third-order valence-electron chi connectivity index (χ3n) is 4.73. The summed E-state index contributed by atoms with van der Waals surface area (Å²) >= 11 is 12.5. The molecule has 4 heterocycles. The number of hydrogen-bond acceptors (Lipinski definition) is 4. The van der Waals surface area contributed by atoms with Gasteiger partial charge in [0.15, 0.2) is 0 Å². The fourth-order valence-electron chi connectivity index (χ4n) is 3.44. The highest BCUT2D eigenvalue weighted by atomic mass is 35.5. The monoisotopic (exact) mass is 421 g/mol. The highest BCUT2D eigenvalue weighted by molar-refractivity contribution is 6.37. The van der Waals surface area contributed by atoms with Crippen LogP contribution in [0.1, 0.15) is 5.69 Å². The lowest BCUT2D eigenvalue weighted by Gasteiger charge is -2.13. The summed E-state index contributed by atoms with van der Waals surface area (Å²) in [5, 5.41) is 5.93. The van der Waals surface area contributed by atoms with Crippen molar-refractivity contribution in [2.24, 2.45) is 0 Å². The van der Waals surface area contributed by atoms with Gasteiger partial charge in [-0.2, -0.15) is 9.78 Å². The Labute approximate surface area is 175 Å². The summed E-state index contributed by atoms with van der Waals surface area (Å²) in [6.07, 6.45) is 6.43. The molecule has 2 aliphatic heterocycles. The van der Waals surface area contributed by atoms with Crippen LogP contribution in [0.25, 0.3) is 27.8 Å². The van der Waals surface area contributed by atoms with Crippen LogP contribution < -0.4 is 5.56 Å². The smallest absolute Gasteiger partial charge is 0.282 e. The van der Waals surface area contributed by atoms with Gasteiger partial charge < -0.3 is 4.57 Å². The Bertz CT molecular complexity index is 1360. The van der Waals surface area contributed by atoms with E-state index in [1.165, 1.54) is 17.1 Å². The highest BCUT2D eigenvalue weighted by Crippen LogP contribution is 2.31. The molecule has 0 atom stereocenters. The standard InChI is InChI=1S/C21H13Cl2N5O/c22-16-9-24-10-17(23)20(16)28-21(29)15-12-27(11-13-5-3-4-8-25-13)18-7-2-1-6-14(18)19(15)26-28/h1-10,12H,11H2. The van der Waals surface area contributed by atoms with E-state index in [-0.39, 0.29) is 15.6 Å². The molecule has 0 radical (unpaired) electrons. The number of benzene rings is 1. The van der Waals surface area contributed by atoms with Gasteiger partial charge in [0.1, 0.15) is 11.4 Å². The van der Waals surface area contributed by atoms with Gasteiger partial charge in [-0.3, -0.25) is 14.8 Å². The zero-order valence-corrected chi connectivity index (χ0v) is 16.5. The lowest BCUT2D eigenvalue weighted by atomic mass is 10.1. The van der Waals surface area contributed by atoms with Crippen molar-refractivity contribution in [3.63, 3.8) is 0 Å². The molecule has 0 unspecified atom stereocenters. The van der Waals surface area contributed by atoms with Crippen molar-refractivity contribution >= 4 is 34.1 Å². The molecule has 8 heteroatoms. The van der Waals surface area contributed by atoms with E-state index in [0.717, 1.165) is 16.6 Å². The number of hydrogen-bond donors (Lipinski definition) is 0. The van der Waals surface area contributed by atoms with Crippen LogP contribution in [0.15, 0.2) is 72.0 Å². The topological polar surface area (TPSA) is 65.6 Å².